The maximum atomic E-state index is 11.2. The first-order valence-electron chi connectivity index (χ1n) is 4.75. The van der Waals surface area contributed by atoms with Crippen LogP contribution in [-0.4, -0.2) is 53.6 Å². The lowest BCUT2D eigenvalue weighted by Crippen LogP contribution is -2.44. The van der Waals surface area contributed by atoms with E-state index in [9.17, 15) is 9.90 Å². The number of carbonyl (C=O) groups excluding carboxylic acids is 1. The molecule has 0 aromatic carbocycles. The van der Waals surface area contributed by atoms with Crippen molar-refractivity contribution in [3.63, 3.8) is 0 Å². The van der Waals surface area contributed by atoms with Crippen molar-refractivity contribution in [1.29, 1.82) is 0 Å². The van der Waals surface area contributed by atoms with Crippen LogP contribution in [0.3, 0.4) is 0 Å². The van der Waals surface area contributed by atoms with E-state index >= 15 is 0 Å². The van der Waals surface area contributed by atoms with Gasteiger partial charge in [0.1, 0.15) is 6.10 Å². The number of likely N-dealkylation sites (N-methyl/N-ethyl adjacent to an activating group) is 1. The average Bonchev–Trinajstić information content (AvgIpc) is 2.13. The molecule has 2 unspecified atom stereocenters. The van der Waals surface area contributed by atoms with Crippen LogP contribution in [0.4, 0.5) is 0 Å². The zero-order chi connectivity index (χ0) is 12.0. The van der Waals surface area contributed by atoms with Gasteiger partial charge in [-0.3, -0.25) is 4.90 Å². The summed E-state index contributed by atoms with van der Waals surface area (Å²) in [5.41, 5.74) is 0.276. The number of ether oxygens (including phenoxy) is 1. The Morgan fingerprint density at radius 2 is 2.13 bits per heavy atom. The van der Waals surface area contributed by atoms with Crippen LogP contribution in [0, 0.1) is 0 Å². The van der Waals surface area contributed by atoms with Crippen molar-refractivity contribution in [1.82, 2.24) is 4.90 Å². The van der Waals surface area contributed by atoms with Gasteiger partial charge in [0, 0.05) is 12.1 Å². The second-order valence-corrected chi connectivity index (χ2v) is 3.52. The number of hydrogen-bond donors (Lipinski definition) is 2. The van der Waals surface area contributed by atoms with E-state index in [1.54, 1.807) is 11.9 Å². The Hall–Kier alpha value is -0.910. The average molecular weight is 217 g/mol. The van der Waals surface area contributed by atoms with Gasteiger partial charge in [-0.25, -0.2) is 4.79 Å². The van der Waals surface area contributed by atoms with Crippen molar-refractivity contribution in [2.75, 3.05) is 20.2 Å². The van der Waals surface area contributed by atoms with Gasteiger partial charge in [-0.1, -0.05) is 6.58 Å². The molecule has 88 valence electrons. The molecule has 0 radical (unpaired) electrons. The van der Waals surface area contributed by atoms with Crippen molar-refractivity contribution in [2.45, 2.75) is 26.2 Å². The van der Waals surface area contributed by atoms with Crippen molar-refractivity contribution in [3.05, 3.63) is 12.2 Å². The largest absolute Gasteiger partial charge is 0.440 e. The van der Waals surface area contributed by atoms with Crippen molar-refractivity contribution >= 4 is 5.97 Å². The number of hydrogen-bond acceptors (Lipinski definition) is 5. The van der Waals surface area contributed by atoms with Crippen LogP contribution in [0.1, 0.15) is 13.8 Å². The maximum absolute atomic E-state index is 11.2. The summed E-state index contributed by atoms with van der Waals surface area (Å²) in [5.74, 6) is -0.550. The minimum atomic E-state index is -0.829. The lowest BCUT2D eigenvalue weighted by atomic mass is 10.3. The SMILES string of the molecule is C=C(C)C(=O)OC(C(C)O)N(C)CCO. The number of aliphatic hydroxyl groups excluding tert-OH is 2. The molecule has 0 aliphatic rings. The summed E-state index contributed by atoms with van der Waals surface area (Å²) in [4.78, 5) is 12.8. The summed E-state index contributed by atoms with van der Waals surface area (Å²) < 4.78 is 5.01. The van der Waals surface area contributed by atoms with E-state index in [1.807, 2.05) is 0 Å². The third-order valence-corrected chi connectivity index (χ3v) is 1.88. The van der Waals surface area contributed by atoms with Gasteiger partial charge in [-0.15, -0.1) is 0 Å². The molecule has 0 fully saturated rings. The van der Waals surface area contributed by atoms with Crippen LogP contribution < -0.4 is 0 Å². The topological polar surface area (TPSA) is 70.0 Å². The molecule has 0 bridgehead atoms. The van der Waals surface area contributed by atoms with Gasteiger partial charge in [0.2, 0.25) is 0 Å². The quantitative estimate of drug-likeness (QED) is 0.364. The van der Waals surface area contributed by atoms with Crippen molar-refractivity contribution in [2.24, 2.45) is 0 Å². The molecule has 0 aromatic heterocycles. The summed E-state index contributed by atoms with van der Waals surface area (Å²) in [5, 5.41) is 18.1. The predicted octanol–water partition coefficient (Wildman–Crippen LogP) is -0.263. The zero-order valence-electron chi connectivity index (χ0n) is 9.43. The fourth-order valence-electron chi connectivity index (χ4n) is 1.05. The number of nitrogens with zero attached hydrogens (tertiary/aromatic N) is 1. The van der Waals surface area contributed by atoms with E-state index < -0.39 is 18.3 Å². The first-order chi connectivity index (χ1) is 6.90. The van der Waals surface area contributed by atoms with E-state index in [0.717, 1.165) is 0 Å². The number of aliphatic hydroxyl groups is 2. The van der Waals surface area contributed by atoms with E-state index in [4.69, 9.17) is 9.84 Å². The Labute approximate surface area is 90.0 Å². The van der Waals surface area contributed by atoms with E-state index in [1.165, 1.54) is 13.8 Å². The van der Waals surface area contributed by atoms with Crippen molar-refractivity contribution < 1.29 is 19.7 Å². The smallest absolute Gasteiger partial charge is 0.334 e. The fraction of sp³-hybridized carbons (Fsp3) is 0.700. The van der Waals surface area contributed by atoms with Crippen LogP contribution >= 0.6 is 0 Å². The van der Waals surface area contributed by atoms with Crippen LogP contribution in [0.2, 0.25) is 0 Å². The third kappa shape index (κ3) is 4.92. The highest BCUT2D eigenvalue weighted by molar-refractivity contribution is 5.87. The molecule has 0 aliphatic heterocycles. The van der Waals surface area contributed by atoms with Crippen molar-refractivity contribution in [3.8, 4) is 0 Å². The second kappa shape index (κ2) is 6.55. The summed E-state index contributed by atoms with van der Waals surface area (Å²) in [6, 6.07) is 0. The molecule has 15 heavy (non-hydrogen) atoms. The van der Waals surface area contributed by atoms with E-state index in [-0.39, 0.29) is 12.2 Å². The molecule has 0 heterocycles. The van der Waals surface area contributed by atoms with Gasteiger partial charge in [0.05, 0.1) is 6.61 Å². The lowest BCUT2D eigenvalue weighted by molar-refractivity contribution is -0.164. The van der Waals surface area contributed by atoms with Gasteiger partial charge >= 0.3 is 5.97 Å². The normalized spacial score (nSPS) is 14.8. The summed E-state index contributed by atoms with van der Waals surface area (Å²) in [6.07, 6.45) is -1.59. The summed E-state index contributed by atoms with van der Waals surface area (Å²) in [6.45, 7) is 6.76. The van der Waals surface area contributed by atoms with Crippen LogP contribution in [0.5, 0.6) is 0 Å². The fourth-order valence-corrected chi connectivity index (χ4v) is 1.05. The highest BCUT2D eigenvalue weighted by Gasteiger charge is 2.24. The highest BCUT2D eigenvalue weighted by atomic mass is 16.6. The van der Waals surface area contributed by atoms with E-state index in [0.29, 0.717) is 6.54 Å². The molecule has 0 saturated heterocycles. The predicted molar refractivity (Wildman–Crippen MR) is 56.1 cm³/mol. The van der Waals surface area contributed by atoms with Gasteiger partial charge in [0.25, 0.3) is 0 Å². The molecule has 0 rings (SSSR count). The van der Waals surface area contributed by atoms with Gasteiger partial charge < -0.3 is 14.9 Å². The Morgan fingerprint density at radius 1 is 1.60 bits per heavy atom. The van der Waals surface area contributed by atoms with Crippen LogP contribution in [0.25, 0.3) is 0 Å². The monoisotopic (exact) mass is 217 g/mol. The Kier molecular flexibility index (Phi) is 6.15. The number of carbonyl (C=O) groups is 1. The molecule has 0 spiro atoms. The first kappa shape index (κ1) is 14.1. The molecular formula is C10H19NO4. The zero-order valence-corrected chi connectivity index (χ0v) is 9.43. The molecular weight excluding hydrogens is 198 g/mol. The highest BCUT2D eigenvalue weighted by Crippen LogP contribution is 2.07. The van der Waals surface area contributed by atoms with E-state index in [2.05, 4.69) is 6.58 Å². The molecule has 0 aromatic rings. The Morgan fingerprint density at radius 3 is 2.47 bits per heavy atom. The number of rotatable bonds is 6. The molecule has 2 N–H and O–H groups in total. The number of esters is 1. The van der Waals surface area contributed by atoms with Crippen LogP contribution in [0.15, 0.2) is 12.2 Å². The molecule has 2 atom stereocenters. The minimum Gasteiger partial charge on any atom is -0.440 e. The van der Waals surface area contributed by atoms with Gasteiger partial charge in [-0.2, -0.15) is 0 Å². The second-order valence-electron chi connectivity index (χ2n) is 3.52. The Bertz CT molecular complexity index is 227. The lowest BCUT2D eigenvalue weighted by Gasteiger charge is -2.29. The summed E-state index contributed by atoms with van der Waals surface area (Å²) in [7, 11) is 1.65. The van der Waals surface area contributed by atoms with Gasteiger partial charge in [-0.05, 0) is 20.9 Å². The maximum Gasteiger partial charge on any atom is 0.334 e. The first-order valence-corrected chi connectivity index (χ1v) is 4.75. The molecule has 5 heteroatoms. The Balaban J connectivity index is 4.40. The molecule has 5 nitrogen and oxygen atoms in total. The third-order valence-electron chi connectivity index (χ3n) is 1.88. The summed E-state index contributed by atoms with van der Waals surface area (Å²) >= 11 is 0. The standard InChI is InChI=1S/C10H19NO4/c1-7(2)10(14)15-9(8(3)13)11(4)5-6-12/h8-9,12-13H,1,5-6H2,2-4H3. The molecule has 0 aliphatic carbocycles. The minimum absolute atomic E-state index is 0.0651. The molecule has 0 saturated carbocycles. The van der Waals surface area contributed by atoms with Gasteiger partial charge in [0.15, 0.2) is 6.23 Å². The van der Waals surface area contributed by atoms with Crippen LogP contribution in [-0.2, 0) is 9.53 Å². The molecule has 0 amide bonds.